The fourth-order valence-corrected chi connectivity index (χ4v) is 2.72. The van der Waals surface area contributed by atoms with Crippen molar-refractivity contribution in [2.24, 2.45) is 5.92 Å². The first-order valence-electron chi connectivity index (χ1n) is 9.71. The number of benzene rings is 1. The molecule has 0 aromatic heterocycles. The Balaban J connectivity index is 2.03. The van der Waals surface area contributed by atoms with E-state index < -0.39 is 43.2 Å². The number of esters is 2. The number of hydrogen-bond acceptors (Lipinski definition) is 9. The van der Waals surface area contributed by atoms with Crippen LogP contribution in [0.5, 0.6) is 11.5 Å². The lowest BCUT2D eigenvalue weighted by atomic mass is 9.98. The molecule has 1 aromatic rings. The van der Waals surface area contributed by atoms with E-state index in [4.69, 9.17) is 14.6 Å². The lowest BCUT2D eigenvalue weighted by molar-refractivity contribution is -0.202. The Labute approximate surface area is 189 Å². The van der Waals surface area contributed by atoms with Gasteiger partial charge < -0.3 is 24.6 Å². The summed E-state index contributed by atoms with van der Waals surface area (Å²) in [4.78, 5) is 57.3. The van der Waals surface area contributed by atoms with Crippen molar-refractivity contribution in [3.05, 3.63) is 23.8 Å². The molecule has 1 aliphatic rings. The maximum absolute atomic E-state index is 12.3. The molecule has 1 heterocycles. The Kier molecular flexibility index (Phi) is 9.18. The molecule has 2 amide bonds. The summed E-state index contributed by atoms with van der Waals surface area (Å²) in [6.45, 7) is -0.709. The normalized spacial score (nSPS) is 14.0. The van der Waals surface area contributed by atoms with Crippen molar-refractivity contribution in [3.8, 4) is 11.5 Å². The van der Waals surface area contributed by atoms with E-state index in [9.17, 15) is 37.1 Å². The predicted molar refractivity (Wildman–Crippen MR) is 103 cm³/mol. The van der Waals surface area contributed by atoms with E-state index in [-0.39, 0.29) is 28.9 Å². The first-order chi connectivity index (χ1) is 16.0. The average Bonchev–Trinajstić information content (AvgIpc) is 2.79. The number of aliphatic carboxylic acids is 1. The summed E-state index contributed by atoms with van der Waals surface area (Å²) < 4.78 is 49.9. The van der Waals surface area contributed by atoms with Crippen LogP contribution in [0.4, 0.5) is 13.2 Å². The molecule has 34 heavy (non-hydrogen) atoms. The third kappa shape index (κ3) is 8.23. The van der Waals surface area contributed by atoms with Crippen molar-refractivity contribution >= 4 is 29.7 Å². The van der Waals surface area contributed by atoms with Crippen LogP contribution < -0.4 is 25.6 Å². The second-order valence-corrected chi connectivity index (χ2v) is 6.86. The van der Waals surface area contributed by atoms with Gasteiger partial charge in [0.05, 0.1) is 0 Å². The van der Waals surface area contributed by atoms with Crippen molar-refractivity contribution in [1.82, 2.24) is 16.2 Å². The van der Waals surface area contributed by atoms with Crippen molar-refractivity contribution in [1.29, 1.82) is 0 Å². The molecule has 0 aliphatic carbocycles. The number of carboxylic acid groups (broad SMARTS) is 1. The second kappa shape index (κ2) is 11.8. The van der Waals surface area contributed by atoms with Gasteiger partial charge in [0, 0.05) is 11.5 Å². The van der Waals surface area contributed by atoms with Gasteiger partial charge in [0.15, 0.2) is 24.7 Å². The van der Waals surface area contributed by atoms with Gasteiger partial charge in [0.25, 0.3) is 5.91 Å². The molecule has 1 fully saturated rings. The summed E-state index contributed by atoms with van der Waals surface area (Å²) >= 11 is 0. The first kappa shape index (κ1) is 26.4. The van der Waals surface area contributed by atoms with Crippen LogP contribution in [0.3, 0.4) is 0 Å². The molecule has 1 aromatic carbocycles. The van der Waals surface area contributed by atoms with Crippen molar-refractivity contribution < 1.29 is 56.5 Å². The fourth-order valence-electron chi connectivity index (χ4n) is 2.72. The number of piperidine rings is 1. The summed E-state index contributed by atoms with van der Waals surface area (Å²) in [5.41, 5.74) is 4.39. The summed E-state index contributed by atoms with van der Waals surface area (Å²) in [5, 5.41) is 11.9. The van der Waals surface area contributed by atoms with E-state index in [1.807, 2.05) is 0 Å². The number of amides is 2. The molecule has 0 atom stereocenters. The van der Waals surface area contributed by atoms with Crippen molar-refractivity contribution in [2.75, 3.05) is 26.3 Å². The highest BCUT2D eigenvalue weighted by molar-refractivity contribution is 5.96. The van der Waals surface area contributed by atoms with Gasteiger partial charge in [-0.05, 0) is 44.1 Å². The first-order valence-corrected chi connectivity index (χ1v) is 9.71. The van der Waals surface area contributed by atoms with E-state index in [0.29, 0.717) is 25.9 Å². The number of ether oxygens (including phenoxy) is 3. The van der Waals surface area contributed by atoms with Gasteiger partial charge in [-0.2, -0.15) is 13.2 Å². The number of halogens is 3. The SMILES string of the molecule is O=C(O)COc1cc(C(=O)NNC(=O)C2CCNCC2)ccc1OCC(=O)OC(=O)C(F)(F)F. The number of carbonyl (C=O) groups excluding carboxylic acids is 4. The Morgan fingerprint density at radius 3 is 2.26 bits per heavy atom. The number of rotatable bonds is 8. The lowest BCUT2D eigenvalue weighted by Gasteiger charge is -2.21. The number of nitrogens with one attached hydrogen (secondary N) is 3. The molecule has 0 radical (unpaired) electrons. The molecule has 0 unspecified atom stereocenters. The van der Waals surface area contributed by atoms with Gasteiger partial charge in [0.1, 0.15) is 0 Å². The van der Waals surface area contributed by atoms with Gasteiger partial charge >= 0.3 is 24.1 Å². The second-order valence-electron chi connectivity index (χ2n) is 6.86. The maximum Gasteiger partial charge on any atom is 0.491 e. The monoisotopic (exact) mass is 491 g/mol. The van der Waals surface area contributed by atoms with Crippen LogP contribution in [0.1, 0.15) is 23.2 Å². The summed E-state index contributed by atoms with van der Waals surface area (Å²) in [6.07, 6.45) is -4.19. The zero-order valence-corrected chi connectivity index (χ0v) is 17.4. The van der Waals surface area contributed by atoms with E-state index in [1.54, 1.807) is 0 Å². The van der Waals surface area contributed by atoms with E-state index in [1.165, 1.54) is 0 Å². The van der Waals surface area contributed by atoms with E-state index >= 15 is 0 Å². The van der Waals surface area contributed by atoms with E-state index in [2.05, 4.69) is 20.9 Å². The highest BCUT2D eigenvalue weighted by Crippen LogP contribution is 2.29. The predicted octanol–water partition coefficient (Wildman–Crippen LogP) is -0.0785. The van der Waals surface area contributed by atoms with Crippen LogP contribution in [-0.4, -0.2) is 67.3 Å². The molecule has 0 saturated carbocycles. The smallest absolute Gasteiger partial charge is 0.479 e. The van der Waals surface area contributed by atoms with Gasteiger partial charge in [-0.25, -0.2) is 14.4 Å². The summed E-state index contributed by atoms with van der Waals surface area (Å²) in [5.74, 6) is -7.94. The molecular weight excluding hydrogens is 471 g/mol. The van der Waals surface area contributed by atoms with Crippen molar-refractivity contribution in [3.63, 3.8) is 0 Å². The average molecular weight is 491 g/mol. The molecule has 186 valence electrons. The zero-order chi connectivity index (χ0) is 25.3. The molecular formula is C19H20F3N3O9. The van der Waals surface area contributed by atoms with E-state index in [0.717, 1.165) is 18.2 Å². The highest BCUT2D eigenvalue weighted by Gasteiger charge is 2.42. The number of carbonyl (C=O) groups is 5. The molecule has 12 nitrogen and oxygen atoms in total. The number of carboxylic acids is 1. The molecule has 1 saturated heterocycles. The van der Waals surface area contributed by atoms with Gasteiger partial charge in [-0.15, -0.1) is 0 Å². The van der Waals surface area contributed by atoms with Crippen LogP contribution in [0, 0.1) is 5.92 Å². The number of hydrazine groups is 1. The molecule has 2 rings (SSSR count). The number of alkyl halides is 3. The van der Waals surface area contributed by atoms with Crippen molar-refractivity contribution in [2.45, 2.75) is 19.0 Å². The molecule has 1 aliphatic heterocycles. The quantitative estimate of drug-likeness (QED) is 0.219. The minimum atomic E-state index is -5.39. The Morgan fingerprint density at radius 2 is 1.65 bits per heavy atom. The fraction of sp³-hybridized carbons (Fsp3) is 0.421. The topological polar surface area (TPSA) is 169 Å². The van der Waals surface area contributed by atoms with Gasteiger partial charge in [-0.3, -0.25) is 20.4 Å². The lowest BCUT2D eigenvalue weighted by Crippen LogP contribution is -2.46. The molecule has 4 N–H and O–H groups in total. The highest BCUT2D eigenvalue weighted by atomic mass is 19.4. The largest absolute Gasteiger partial charge is 0.491 e. The van der Waals surface area contributed by atoms with Crippen LogP contribution in [0.25, 0.3) is 0 Å². The Bertz CT molecular complexity index is 947. The maximum atomic E-state index is 12.3. The molecule has 0 bridgehead atoms. The Hall–Kier alpha value is -3.88. The third-order valence-electron chi connectivity index (χ3n) is 4.35. The van der Waals surface area contributed by atoms with Crippen LogP contribution >= 0.6 is 0 Å². The standard InChI is InChI=1S/C19H20F3N3O9/c20-19(21,22)18(31)34-15(28)9-33-12-2-1-11(7-13(12)32-8-14(26)27)17(30)25-24-16(29)10-3-5-23-6-4-10/h1-2,7,10,23H,3-6,8-9H2,(H,24,29)(H,25,30)(H,26,27). The van der Waals surface area contributed by atoms with Crippen LogP contribution in [-0.2, 0) is 23.9 Å². The minimum Gasteiger partial charge on any atom is -0.479 e. The third-order valence-corrected chi connectivity index (χ3v) is 4.35. The zero-order valence-electron chi connectivity index (χ0n) is 17.4. The summed E-state index contributed by atoms with van der Waals surface area (Å²) in [7, 11) is 0. The number of hydrogen-bond donors (Lipinski definition) is 4. The summed E-state index contributed by atoms with van der Waals surface area (Å²) in [6, 6.07) is 3.25. The van der Waals surface area contributed by atoms with Gasteiger partial charge in [-0.1, -0.05) is 0 Å². The van der Waals surface area contributed by atoms with Crippen LogP contribution in [0.2, 0.25) is 0 Å². The molecule has 15 heteroatoms. The minimum absolute atomic E-state index is 0.104. The molecule has 0 spiro atoms. The van der Waals surface area contributed by atoms with Gasteiger partial charge in [0.2, 0.25) is 5.91 Å². The van der Waals surface area contributed by atoms with Crippen LogP contribution in [0.15, 0.2) is 18.2 Å². The Morgan fingerprint density at radius 1 is 1.00 bits per heavy atom.